The van der Waals surface area contributed by atoms with Gasteiger partial charge in [-0.25, -0.2) is 9.36 Å². The molecule has 0 aliphatic heterocycles. The fraction of sp³-hybridized carbons (Fsp3) is 0.208. The van der Waals surface area contributed by atoms with E-state index in [-0.39, 0.29) is 6.54 Å². The predicted molar refractivity (Wildman–Crippen MR) is 129 cm³/mol. The first-order valence-corrected chi connectivity index (χ1v) is 10.6. The molecule has 2 heterocycles. The average Bonchev–Trinajstić information content (AvgIpc) is 3.06. The van der Waals surface area contributed by atoms with Gasteiger partial charge in [-0.3, -0.25) is 14.2 Å². The van der Waals surface area contributed by atoms with E-state index < -0.39 is 17.2 Å². The second kappa shape index (κ2) is 8.63. The summed E-state index contributed by atoms with van der Waals surface area (Å²) in [7, 11) is 3.26. The minimum absolute atomic E-state index is 0.283. The Morgan fingerprint density at radius 2 is 1.85 bits per heavy atom. The Kier molecular flexibility index (Phi) is 5.86. The third-order valence-corrected chi connectivity index (χ3v) is 5.86. The Hall–Kier alpha value is -3.78. The van der Waals surface area contributed by atoms with Crippen molar-refractivity contribution in [3.05, 3.63) is 85.6 Å². The van der Waals surface area contributed by atoms with Gasteiger partial charge in [0.25, 0.3) is 5.56 Å². The molecular weight excluding hydrogens is 444 g/mol. The molecule has 1 N–H and O–H groups in total. The number of halogens is 1. The molecule has 33 heavy (non-hydrogen) atoms. The molecule has 0 saturated heterocycles. The summed E-state index contributed by atoms with van der Waals surface area (Å²) in [6.45, 7) is 3.44. The molecular formula is C24H23ClN4O4. The lowest BCUT2D eigenvalue weighted by atomic mass is 10.2. The van der Waals surface area contributed by atoms with Crippen molar-refractivity contribution in [3.63, 3.8) is 0 Å². The zero-order chi connectivity index (χ0) is 23.9. The number of benzene rings is 2. The number of fused-ring (bicyclic) bond motifs is 1. The number of carbonyl (C=O) groups is 1. The molecule has 8 nitrogen and oxygen atoms in total. The highest BCUT2D eigenvalue weighted by Crippen LogP contribution is 2.27. The summed E-state index contributed by atoms with van der Waals surface area (Å²) >= 11 is 6.14. The van der Waals surface area contributed by atoms with Gasteiger partial charge in [0.2, 0.25) is 5.91 Å². The first-order valence-electron chi connectivity index (χ1n) is 10.2. The zero-order valence-corrected chi connectivity index (χ0v) is 19.4. The molecule has 0 fully saturated rings. The van der Waals surface area contributed by atoms with E-state index in [0.29, 0.717) is 33.2 Å². The fourth-order valence-corrected chi connectivity index (χ4v) is 4.08. The number of nitrogens with zero attached hydrogens (tertiary/aromatic N) is 3. The van der Waals surface area contributed by atoms with Crippen molar-refractivity contribution in [1.82, 2.24) is 13.7 Å². The topological polar surface area (TPSA) is 87.3 Å². The molecule has 0 aliphatic carbocycles. The molecule has 0 saturated carbocycles. The van der Waals surface area contributed by atoms with Crippen LogP contribution < -0.4 is 21.3 Å². The average molecular weight is 467 g/mol. The van der Waals surface area contributed by atoms with E-state index in [2.05, 4.69) is 5.32 Å². The van der Waals surface area contributed by atoms with Crippen LogP contribution in [-0.4, -0.2) is 26.7 Å². The van der Waals surface area contributed by atoms with E-state index in [1.54, 1.807) is 54.1 Å². The maximum absolute atomic E-state index is 13.5. The van der Waals surface area contributed by atoms with Gasteiger partial charge in [0, 0.05) is 18.4 Å². The molecule has 4 rings (SSSR count). The van der Waals surface area contributed by atoms with Crippen LogP contribution in [0.5, 0.6) is 5.75 Å². The molecule has 0 atom stereocenters. The number of carbonyl (C=O) groups excluding carboxylic acids is 1. The number of amides is 1. The number of aromatic nitrogens is 3. The first kappa shape index (κ1) is 22.4. The third-order valence-electron chi connectivity index (χ3n) is 5.57. The molecule has 0 aliphatic rings. The normalized spacial score (nSPS) is 11.1. The lowest BCUT2D eigenvalue weighted by molar-refractivity contribution is -0.116. The minimum Gasteiger partial charge on any atom is -0.495 e. The fourth-order valence-electron chi connectivity index (χ4n) is 3.82. The van der Waals surface area contributed by atoms with Crippen LogP contribution >= 0.6 is 11.6 Å². The molecule has 9 heteroatoms. The maximum Gasteiger partial charge on any atom is 0.336 e. The number of nitrogens with one attached hydrogen (secondary N) is 1. The number of hydrogen-bond donors (Lipinski definition) is 1. The molecule has 0 radical (unpaired) electrons. The van der Waals surface area contributed by atoms with Crippen LogP contribution in [0.3, 0.4) is 0 Å². The summed E-state index contributed by atoms with van der Waals surface area (Å²) in [6, 6.07) is 13.7. The summed E-state index contributed by atoms with van der Waals surface area (Å²) in [5.41, 5.74) is 2.32. The molecule has 0 unspecified atom stereocenters. The van der Waals surface area contributed by atoms with Crippen LogP contribution in [0.25, 0.3) is 16.7 Å². The van der Waals surface area contributed by atoms with Crippen LogP contribution in [0.1, 0.15) is 11.3 Å². The molecule has 4 aromatic rings. The van der Waals surface area contributed by atoms with Gasteiger partial charge in [-0.2, -0.15) is 0 Å². The van der Waals surface area contributed by atoms with Crippen LogP contribution in [0.4, 0.5) is 5.69 Å². The lowest BCUT2D eigenvalue weighted by Gasteiger charge is -2.14. The van der Waals surface area contributed by atoms with Gasteiger partial charge in [-0.1, -0.05) is 23.7 Å². The van der Waals surface area contributed by atoms with E-state index in [0.717, 1.165) is 15.8 Å². The third kappa shape index (κ3) is 4.05. The molecule has 1 amide bonds. The highest BCUT2D eigenvalue weighted by molar-refractivity contribution is 6.32. The SMILES string of the molecule is COc1ccc(NC(=O)Cn2c(=O)n(-c3cccc(C)c3)c(=O)c3c2cc(C)n3C)cc1Cl. The van der Waals surface area contributed by atoms with E-state index in [1.165, 1.54) is 11.7 Å². The van der Waals surface area contributed by atoms with Crippen molar-refractivity contribution in [3.8, 4) is 11.4 Å². The van der Waals surface area contributed by atoms with E-state index in [9.17, 15) is 14.4 Å². The van der Waals surface area contributed by atoms with Gasteiger partial charge in [-0.05, 0) is 55.8 Å². The Morgan fingerprint density at radius 1 is 1.09 bits per heavy atom. The minimum atomic E-state index is -0.591. The number of rotatable bonds is 5. The molecule has 170 valence electrons. The van der Waals surface area contributed by atoms with Gasteiger partial charge < -0.3 is 14.6 Å². The Bertz CT molecular complexity index is 1510. The second-order valence-corrected chi connectivity index (χ2v) is 8.23. The summed E-state index contributed by atoms with van der Waals surface area (Å²) in [5, 5.41) is 3.09. The van der Waals surface area contributed by atoms with Crippen molar-refractivity contribution in [2.24, 2.45) is 7.05 Å². The number of hydrogen-bond acceptors (Lipinski definition) is 4. The highest BCUT2D eigenvalue weighted by Gasteiger charge is 2.20. The zero-order valence-electron chi connectivity index (χ0n) is 18.7. The maximum atomic E-state index is 13.5. The summed E-state index contributed by atoms with van der Waals surface area (Å²) in [5.74, 6) is 0.0492. The standard InChI is InChI=1S/C24H23ClN4O4/c1-14-6-5-7-17(10-14)29-23(31)22-19(11-15(2)27(22)3)28(24(29)32)13-21(30)26-16-8-9-20(33-4)18(25)12-16/h5-12H,13H2,1-4H3,(H,26,30). The van der Waals surface area contributed by atoms with E-state index >= 15 is 0 Å². The van der Waals surface area contributed by atoms with Crippen molar-refractivity contribution in [2.75, 3.05) is 12.4 Å². The first-order chi connectivity index (χ1) is 15.7. The van der Waals surface area contributed by atoms with Crippen LogP contribution in [0.2, 0.25) is 5.02 Å². The summed E-state index contributed by atoms with van der Waals surface area (Å²) < 4.78 is 9.27. The Labute approximate surface area is 194 Å². The van der Waals surface area contributed by atoms with Crippen molar-refractivity contribution in [1.29, 1.82) is 0 Å². The van der Waals surface area contributed by atoms with Crippen LogP contribution in [0, 0.1) is 13.8 Å². The van der Waals surface area contributed by atoms with Gasteiger partial charge in [0.05, 0.1) is 23.3 Å². The molecule has 0 spiro atoms. The lowest BCUT2D eigenvalue weighted by Crippen LogP contribution is -2.41. The van der Waals surface area contributed by atoms with E-state index in [1.807, 2.05) is 19.9 Å². The van der Waals surface area contributed by atoms with Crippen molar-refractivity contribution >= 4 is 34.2 Å². The largest absolute Gasteiger partial charge is 0.495 e. The van der Waals surface area contributed by atoms with Crippen molar-refractivity contribution < 1.29 is 9.53 Å². The number of ether oxygens (including phenoxy) is 1. The molecule has 2 aromatic carbocycles. The number of methoxy groups -OCH3 is 1. The monoisotopic (exact) mass is 466 g/mol. The van der Waals surface area contributed by atoms with Gasteiger partial charge in [0.15, 0.2) is 0 Å². The second-order valence-electron chi connectivity index (χ2n) is 7.82. The smallest absolute Gasteiger partial charge is 0.336 e. The van der Waals surface area contributed by atoms with Crippen LogP contribution in [-0.2, 0) is 18.4 Å². The molecule has 0 bridgehead atoms. The number of anilines is 1. The number of aryl methyl sites for hydroxylation is 3. The van der Waals surface area contributed by atoms with Gasteiger partial charge in [0.1, 0.15) is 17.8 Å². The summed E-state index contributed by atoms with van der Waals surface area (Å²) in [6.07, 6.45) is 0. The van der Waals surface area contributed by atoms with Crippen LogP contribution in [0.15, 0.2) is 58.1 Å². The van der Waals surface area contributed by atoms with E-state index in [4.69, 9.17) is 16.3 Å². The van der Waals surface area contributed by atoms with Gasteiger partial charge in [-0.15, -0.1) is 0 Å². The Balaban J connectivity index is 1.82. The van der Waals surface area contributed by atoms with Crippen molar-refractivity contribution in [2.45, 2.75) is 20.4 Å². The highest BCUT2D eigenvalue weighted by atomic mass is 35.5. The quantitative estimate of drug-likeness (QED) is 0.488. The predicted octanol–water partition coefficient (Wildman–Crippen LogP) is 3.41. The summed E-state index contributed by atoms with van der Waals surface area (Å²) in [4.78, 5) is 39.7. The van der Waals surface area contributed by atoms with Gasteiger partial charge >= 0.3 is 5.69 Å². The Morgan fingerprint density at radius 3 is 2.52 bits per heavy atom. The molecule has 2 aromatic heterocycles.